The Labute approximate surface area is 124 Å². The van der Waals surface area contributed by atoms with E-state index in [1.807, 2.05) is 12.1 Å². The van der Waals surface area contributed by atoms with Crippen LogP contribution >= 0.6 is 0 Å². The first-order valence-corrected chi connectivity index (χ1v) is 7.21. The molecule has 0 radical (unpaired) electrons. The van der Waals surface area contributed by atoms with E-state index in [9.17, 15) is 4.79 Å². The highest BCUT2D eigenvalue weighted by atomic mass is 16.7. The van der Waals surface area contributed by atoms with Crippen LogP contribution in [-0.2, 0) is 9.63 Å². The Kier molecular flexibility index (Phi) is 3.60. The molecule has 21 heavy (non-hydrogen) atoms. The van der Waals surface area contributed by atoms with Crippen LogP contribution in [0.4, 0.5) is 5.69 Å². The molecule has 108 valence electrons. The van der Waals surface area contributed by atoms with E-state index in [4.69, 9.17) is 4.84 Å². The smallest absolute Gasteiger partial charge is 0.331 e. The molecule has 0 saturated heterocycles. The summed E-state index contributed by atoms with van der Waals surface area (Å²) in [4.78, 5) is 18.2. The van der Waals surface area contributed by atoms with Crippen molar-refractivity contribution in [1.29, 1.82) is 0 Å². The Balaban J connectivity index is 2.14. The number of carbonyl (C=O) groups excluding carboxylic acids is 1. The van der Waals surface area contributed by atoms with E-state index in [0.29, 0.717) is 0 Å². The number of oxime groups is 1. The van der Waals surface area contributed by atoms with E-state index in [2.05, 4.69) is 41.2 Å². The summed E-state index contributed by atoms with van der Waals surface area (Å²) in [6.45, 7) is 5.35. The zero-order valence-electron chi connectivity index (χ0n) is 12.3. The molecular weight excluding hydrogens is 264 g/mol. The second-order valence-electron chi connectivity index (χ2n) is 5.17. The van der Waals surface area contributed by atoms with Crippen molar-refractivity contribution in [1.82, 2.24) is 0 Å². The van der Waals surface area contributed by atoms with Crippen LogP contribution in [0.1, 0.15) is 25.8 Å². The molecule has 0 N–H and O–H groups in total. The van der Waals surface area contributed by atoms with Crippen molar-refractivity contribution in [2.24, 2.45) is 5.16 Å². The molecule has 1 aliphatic heterocycles. The summed E-state index contributed by atoms with van der Waals surface area (Å²) in [6.07, 6.45) is 0.784. The Bertz CT molecular complexity index is 722. The van der Waals surface area contributed by atoms with E-state index in [1.165, 1.54) is 17.7 Å². The molecule has 3 rings (SSSR count). The molecule has 1 heterocycles. The molecule has 1 aliphatic rings. The molecular formula is C17H18N2O2. The van der Waals surface area contributed by atoms with Crippen LogP contribution in [0.15, 0.2) is 41.6 Å². The van der Waals surface area contributed by atoms with Crippen molar-refractivity contribution in [3.63, 3.8) is 0 Å². The van der Waals surface area contributed by atoms with Crippen molar-refractivity contribution >= 4 is 28.1 Å². The van der Waals surface area contributed by atoms with Gasteiger partial charge in [-0.05, 0) is 29.8 Å². The quantitative estimate of drug-likeness (QED) is 0.626. The first-order valence-electron chi connectivity index (χ1n) is 7.21. The molecule has 2 aromatic rings. The Hall–Kier alpha value is -2.36. The van der Waals surface area contributed by atoms with Crippen molar-refractivity contribution < 1.29 is 9.63 Å². The van der Waals surface area contributed by atoms with Gasteiger partial charge in [-0.25, -0.2) is 4.79 Å². The third-order valence-electron chi connectivity index (χ3n) is 3.80. The maximum absolute atomic E-state index is 11.0. The first kappa shape index (κ1) is 13.6. The van der Waals surface area contributed by atoms with Crippen LogP contribution in [0.3, 0.4) is 0 Å². The topological polar surface area (TPSA) is 41.9 Å². The number of rotatable bonds is 2. The predicted octanol–water partition coefficient (Wildman–Crippen LogP) is 3.34. The number of benzene rings is 2. The van der Waals surface area contributed by atoms with Crippen LogP contribution in [0.5, 0.6) is 0 Å². The van der Waals surface area contributed by atoms with Gasteiger partial charge >= 0.3 is 5.97 Å². The minimum absolute atomic E-state index is 0.386. The van der Waals surface area contributed by atoms with E-state index >= 15 is 0 Å². The van der Waals surface area contributed by atoms with Gasteiger partial charge in [0, 0.05) is 37.7 Å². The normalized spacial score (nSPS) is 16.1. The van der Waals surface area contributed by atoms with Crippen LogP contribution in [-0.4, -0.2) is 24.8 Å². The Morgan fingerprint density at radius 1 is 1.29 bits per heavy atom. The molecule has 0 amide bonds. The maximum Gasteiger partial charge on any atom is 0.331 e. The number of hydrogen-bond acceptors (Lipinski definition) is 4. The summed E-state index contributed by atoms with van der Waals surface area (Å²) < 4.78 is 0. The van der Waals surface area contributed by atoms with Gasteiger partial charge in [-0.1, -0.05) is 29.4 Å². The van der Waals surface area contributed by atoms with Crippen LogP contribution < -0.4 is 4.90 Å². The molecule has 0 aliphatic carbocycles. The molecule has 0 atom stereocenters. The van der Waals surface area contributed by atoms with Crippen LogP contribution in [0.25, 0.3) is 10.8 Å². The second kappa shape index (κ2) is 5.56. The molecule has 0 spiro atoms. The highest BCUT2D eigenvalue weighted by molar-refractivity contribution is 6.10. The van der Waals surface area contributed by atoms with Gasteiger partial charge < -0.3 is 9.74 Å². The predicted molar refractivity (Wildman–Crippen MR) is 84.8 cm³/mol. The van der Waals surface area contributed by atoms with Crippen molar-refractivity contribution in [2.75, 3.05) is 18.0 Å². The lowest BCUT2D eigenvalue weighted by Gasteiger charge is -2.31. The minimum atomic E-state index is -0.386. The summed E-state index contributed by atoms with van der Waals surface area (Å²) in [6, 6.07) is 12.6. The SMILES string of the molecule is CCN1CC/C(=N\OC(C)=O)c2cc3ccccc3cc21. The number of hydrogen-bond donors (Lipinski definition) is 0. The monoisotopic (exact) mass is 282 g/mol. The van der Waals surface area contributed by atoms with Gasteiger partial charge in [0.15, 0.2) is 0 Å². The molecule has 4 heteroatoms. The minimum Gasteiger partial charge on any atom is -0.371 e. The van der Waals surface area contributed by atoms with Gasteiger partial charge in [0.25, 0.3) is 0 Å². The highest BCUT2D eigenvalue weighted by Crippen LogP contribution is 2.32. The van der Waals surface area contributed by atoms with Gasteiger partial charge in [-0.2, -0.15) is 0 Å². The van der Waals surface area contributed by atoms with Gasteiger partial charge in [0.05, 0.1) is 5.71 Å². The fourth-order valence-corrected chi connectivity index (χ4v) is 2.76. The summed E-state index contributed by atoms with van der Waals surface area (Å²) in [7, 11) is 0. The molecule has 0 aromatic heterocycles. The summed E-state index contributed by atoms with van der Waals surface area (Å²) in [5.74, 6) is -0.386. The largest absolute Gasteiger partial charge is 0.371 e. The molecule has 4 nitrogen and oxygen atoms in total. The summed E-state index contributed by atoms with van der Waals surface area (Å²) >= 11 is 0. The number of carbonyl (C=O) groups is 1. The Morgan fingerprint density at radius 3 is 2.67 bits per heavy atom. The van der Waals surface area contributed by atoms with E-state index in [1.54, 1.807) is 0 Å². The maximum atomic E-state index is 11.0. The average Bonchev–Trinajstić information content (AvgIpc) is 2.50. The number of nitrogens with zero attached hydrogens (tertiary/aromatic N) is 2. The fraction of sp³-hybridized carbons (Fsp3) is 0.294. The standard InChI is InChI=1S/C17H18N2O2/c1-3-19-9-8-16(18-21-12(2)20)15-10-13-6-4-5-7-14(13)11-17(15)19/h4-7,10-11H,3,8-9H2,1-2H3/b18-16+. The van der Waals surface area contributed by atoms with Gasteiger partial charge in [-0.3, -0.25) is 0 Å². The van der Waals surface area contributed by atoms with Gasteiger partial charge in [-0.15, -0.1) is 0 Å². The summed E-state index contributed by atoms with van der Waals surface area (Å²) in [5.41, 5.74) is 3.06. The van der Waals surface area contributed by atoms with Crippen molar-refractivity contribution in [3.05, 3.63) is 42.0 Å². The van der Waals surface area contributed by atoms with Crippen LogP contribution in [0.2, 0.25) is 0 Å². The van der Waals surface area contributed by atoms with Crippen molar-refractivity contribution in [2.45, 2.75) is 20.3 Å². The summed E-state index contributed by atoms with van der Waals surface area (Å²) in [5, 5.41) is 6.42. The zero-order valence-corrected chi connectivity index (χ0v) is 12.3. The molecule has 0 fully saturated rings. The van der Waals surface area contributed by atoms with Crippen LogP contribution in [0, 0.1) is 0 Å². The second-order valence-corrected chi connectivity index (χ2v) is 5.17. The molecule has 0 saturated carbocycles. The highest BCUT2D eigenvalue weighted by Gasteiger charge is 2.22. The average molecular weight is 282 g/mol. The third-order valence-corrected chi connectivity index (χ3v) is 3.80. The Morgan fingerprint density at radius 2 is 2.00 bits per heavy atom. The van der Waals surface area contributed by atoms with Gasteiger partial charge in [0.2, 0.25) is 0 Å². The molecule has 0 unspecified atom stereocenters. The molecule has 0 bridgehead atoms. The number of fused-ring (bicyclic) bond motifs is 2. The lowest BCUT2D eigenvalue weighted by molar-refractivity contribution is -0.140. The molecule has 2 aromatic carbocycles. The lowest BCUT2D eigenvalue weighted by Crippen LogP contribution is -2.32. The van der Waals surface area contributed by atoms with E-state index in [0.717, 1.165) is 36.5 Å². The number of anilines is 1. The third kappa shape index (κ3) is 2.61. The van der Waals surface area contributed by atoms with E-state index < -0.39 is 0 Å². The lowest BCUT2D eigenvalue weighted by atomic mass is 9.96. The first-order chi connectivity index (χ1) is 10.2. The van der Waals surface area contributed by atoms with Gasteiger partial charge in [0.1, 0.15) is 0 Å². The fourth-order valence-electron chi connectivity index (χ4n) is 2.76. The zero-order chi connectivity index (χ0) is 14.8. The van der Waals surface area contributed by atoms with E-state index in [-0.39, 0.29) is 5.97 Å². The van der Waals surface area contributed by atoms with Crippen molar-refractivity contribution in [3.8, 4) is 0 Å².